The van der Waals surface area contributed by atoms with E-state index in [1.807, 2.05) is 13.1 Å². The molecule has 0 fully saturated rings. The molecule has 0 unspecified atom stereocenters. The molecule has 2 heterocycles. The number of hydrogen-bond acceptors (Lipinski definition) is 3. The van der Waals surface area contributed by atoms with Gasteiger partial charge in [-0.25, -0.2) is 9.97 Å². The van der Waals surface area contributed by atoms with Crippen LogP contribution >= 0.6 is 15.9 Å². The molecule has 0 saturated carbocycles. The van der Waals surface area contributed by atoms with Crippen LogP contribution in [0, 0.1) is 6.92 Å². The number of aromatic nitrogens is 3. The molecule has 2 rings (SSSR count). The van der Waals surface area contributed by atoms with Crippen molar-refractivity contribution in [2.75, 3.05) is 0 Å². The normalized spacial score (nSPS) is 11.0. The summed E-state index contributed by atoms with van der Waals surface area (Å²) in [5.41, 5.74) is 8.39. The van der Waals surface area contributed by atoms with Crippen LogP contribution in [0.25, 0.3) is 11.0 Å². The minimum Gasteiger partial charge on any atom is -0.357 e. The number of aromatic amines is 1. The fraction of sp³-hybridized carbons (Fsp3) is 0.250. The molecule has 5 heteroatoms. The van der Waals surface area contributed by atoms with Crippen molar-refractivity contribution in [3.05, 3.63) is 22.2 Å². The SMILES string of the molecule is Cc1nc(Br)c2[nH]cc(CN)c2n1. The second-order valence-corrected chi connectivity index (χ2v) is 3.55. The van der Waals surface area contributed by atoms with E-state index in [1.54, 1.807) is 0 Å². The molecular formula is C8H9BrN4. The molecule has 0 aliphatic heterocycles. The Balaban J connectivity index is 2.82. The Morgan fingerprint density at radius 3 is 3.00 bits per heavy atom. The summed E-state index contributed by atoms with van der Waals surface area (Å²) in [5, 5.41) is 0. The summed E-state index contributed by atoms with van der Waals surface area (Å²) in [5.74, 6) is 0.744. The van der Waals surface area contributed by atoms with Crippen LogP contribution in [0.5, 0.6) is 0 Å². The second-order valence-electron chi connectivity index (χ2n) is 2.80. The number of nitrogens with one attached hydrogen (secondary N) is 1. The third-order valence-corrected chi connectivity index (χ3v) is 2.47. The average Bonchev–Trinajstić information content (AvgIpc) is 2.47. The van der Waals surface area contributed by atoms with Crippen LogP contribution in [0.4, 0.5) is 0 Å². The van der Waals surface area contributed by atoms with E-state index in [-0.39, 0.29) is 0 Å². The van der Waals surface area contributed by atoms with E-state index in [9.17, 15) is 0 Å². The first-order chi connectivity index (χ1) is 6.22. The van der Waals surface area contributed by atoms with Crippen molar-refractivity contribution in [3.63, 3.8) is 0 Å². The summed E-state index contributed by atoms with van der Waals surface area (Å²) >= 11 is 3.37. The smallest absolute Gasteiger partial charge is 0.133 e. The fourth-order valence-corrected chi connectivity index (χ4v) is 1.84. The number of aryl methyl sites for hydroxylation is 1. The molecular weight excluding hydrogens is 232 g/mol. The molecule has 2 aromatic rings. The number of nitrogens with two attached hydrogens (primary N) is 1. The molecule has 2 aromatic heterocycles. The molecule has 0 radical (unpaired) electrons. The van der Waals surface area contributed by atoms with Gasteiger partial charge in [-0.05, 0) is 22.9 Å². The van der Waals surface area contributed by atoms with Gasteiger partial charge < -0.3 is 10.7 Å². The highest BCUT2D eigenvalue weighted by atomic mass is 79.9. The third-order valence-electron chi connectivity index (χ3n) is 1.89. The molecule has 0 aliphatic carbocycles. The zero-order valence-corrected chi connectivity index (χ0v) is 8.72. The van der Waals surface area contributed by atoms with Gasteiger partial charge in [-0.15, -0.1) is 0 Å². The zero-order chi connectivity index (χ0) is 9.42. The molecule has 0 saturated heterocycles. The van der Waals surface area contributed by atoms with E-state index in [0.717, 1.165) is 27.0 Å². The first-order valence-corrected chi connectivity index (χ1v) is 4.72. The third kappa shape index (κ3) is 1.34. The second kappa shape index (κ2) is 3.08. The molecule has 0 atom stereocenters. The number of rotatable bonds is 1. The molecule has 4 nitrogen and oxygen atoms in total. The molecule has 3 N–H and O–H groups in total. The van der Waals surface area contributed by atoms with Crippen molar-refractivity contribution in [3.8, 4) is 0 Å². The first-order valence-electron chi connectivity index (χ1n) is 3.92. The summed E-state index contributed by atoms with van der Waals surface area (Å²) in [4.78, 5) is 11.6. The van der Waals surface area contributed by atoms with E-state index < -0.39 is 0 Å². The van der Waals surface area contributed by atoms with Crippen molar-refractivity contribution in [1.82, 2.24) is 15.0 Å². The summed E-state index contributed by atoms with van der Waals surface area (Å²) in [7, 11) is 0. The van der Waals surface area contributed by atoms with Gasteiger partial charge in [-0.1, -0.05) is 0 Å². The van der Waals surface area contributed by atoms with Crippen molar-refractivity contribution < 1.29 is 0 Å². The quantitative estimate of drug-likeness (QED) is 0.743. The Kier molecular flexibility index (Phi) is 2.05. The Hall–Kier alpha value is -0.940. The van der Waals surface area contributed by atoms with Gasteiger partial charge in [-0.3, -0.25) is 0 Å². The number of halogens is 1. The number of fused-ring (bicyclic) bond motifs is 1. The maximum atomic E-state index is 5.56. The van der Waals surface area contributed by atoms with Crippen molar-refractivity contribution in [1.29, 1.82) is 0 Å². The monoisotopic (exact) mass is 240 g/mol. The highest BCUT2D eigenvalue weighted by Crippen LogP contribution is 2.22. The standard InChI is InChI=1S/C8H9BrN4/c1-4-12-6-5(2-10)3-11-7(6)8(9)13-4/h3,11H,2,10H2,1H3. The van der Waals surface area contributed by atoms with Gasteiger partial charge in [0, 0.05) is 18.3 Å². The fourth-order valence-electron chi connectivity index (χ4n) is 1.28. The molecule has 0 amide bonds. The Morgan fingerprint density at radius 1 is 1.54 bits per heavy atom. The average molecular weight is 241 g/mol. The largest absolute Gasteiger partial charge is 0.357 e. The van der Waals surface area contributed by atoms with Gasteiger partial charge in [0.25, 0.3) is 0 Å². The van der Waals surface area contributed by atoms with E-state index in [0.29, 0.717) is 6.54 Å². The lowest BCUT2D eigenvalue weighted by molar-refractivity contribution is 1.05. The summed E-state index contributed by atoms with van der Waals surface area (Å²) < 4.78 is 0.787. The van der Waals surface area contributed by atoms with Crippen LogP contribution in [-0.2, 0) is 6.54 Å². The Morgan fingerprint density at radius 2 is 2.31 bits per heavy atom. The molecule has 13 heavy (non-hydrogen) atoms. The zero-order valence-electron chi connectivity index (χ0n) is 7.13. The van der Waals surface area contributed by atoms with Crippen LogP contribution in [0.15, 0.2) is 10.8 Å². The maximum Gasteiger partial charge on any atom is 0.133 e. The maximum absolute atomic E-state index is 5.56. The van der Waals surface area contributed by atoms with Crippen LogP contribution in [0.1, 0.15) is 11.4 Å². The van der Waals surface area contributed by atoms with Crippen LogP contribution in [0.2, 0.25) is 0 Å². The lowest BCUT2D eigenvalue weighted by atomic mass is 10.3. The predicted octanol–water partition coefficient (Wildman–Crippen LogP) is 1.49. The summed E-state index contributed by atoms with van der Waals surface area (Å²) in [6.07, 6.45) is 1.86. The van der Waals surface area contributed by atoms with E-state index >= 15 is 0 Å². The predicted molar refractivity (Wildman–Crippen MR) is 54.2 cm³/mol. The lowest BCUT2D eigenvalue weighted by Gasteiger charge is -1.97. The Bertz CT molecular complexity index is 449. The molecule has 0 aliphatic rings. The molecule has 0 aromatic carbocycles. The molecule has 0 bridgehead atoms. The summed E-state index contributed by atoms with van der Waals surface area (Å²) in [6.45, 7) is 2.35. The van der Waals surface area contributed by atoms with Crippen LogP contribution < -0.4 is 5.73 Å². The minimum atomic E-state index is 0.489. The van der Waals surface area contributed by atoms with Crippen molar-refractivity contribution >= 4 is 27.0 Å². The van der Waals surface area contributed by atoms with Gasteiger partial charge in [0.1, 0.15) is 10.4 Å². The van der Waals surface area contributed by atoms with E-state index in [2.05, 4.69) is 30.9 Å². The summed E-state index contributed by atoms with van der Waals surface area (Å²) in [6, 6.07) is 0. The molecule has 68 valence electrons. The van der Waals surface area contributed by atoms with Gasteiger partial charge in [-0.2, -0.15) is 0 Å². The highest BCUT2D eigenvalue weighted by Gasteiger charge is 2.08. The topological polar surface area (TPSA) is 67.6 Å². The van der Waals surface area contributed by atoms with E-state index in [1.165, 1.54) is 0 Å². The highest BCUT2D eigenvalue weighted by molar-refractivity contribution is 9.10. The number of hydrogen-bond donors (Lipinski definition) is 2. The van der Waals surface area contributed by atoms with Gasteiger partial charge in [0.2, 0.25) is 0 Å². The molecule has 0 spiro atoms. The first kappa shape index (κ1) is 8.65. The van der Waals surface area contributed by atoms with Gasteiger partial charge in [0.15, 0.2) is 0 Å². The van der Waals surface area contributed by atoms with Crippen LogP contribution in [0.3, 0.4) is 0 Å². The number of H-pyrrole nitrogens is 1. The van der Waals surface area contributed by atoms with Crippen molar-refractivity contribution in [2.45, 2.75) is 13.5 Å². The van der Waals surface area contributed by atoms with E-state index in [4.69, 9.17) is 5.73 Å². The minimum absolute atomic E-state index is 0.489. The van der Waals surface area contributed by atoms with Gasteiger partial charge >= 0.3 is 0 Å². The van der Waals surface area contributed by atoms with Gasteiger partial charge in [0.05, 0.1) is 11.0 Å². The van der Waals surface area contributed by atoms with Crippen LogP contribution in [-0.4, -0.2) is 15.0 Å². The lowest BCUT2D eigenvalue weighted by Crippen LogP contribution is -1.96. The number of nitrogens with zero attached hydrogens (tertiary/aromatic N) is 2. The van der Waals surface area contributed by atoms with Crippen molar-refractivity contribution in [2.24, 2.45) is 5.73 Å². The Labute approximate surface area is 83.7 Å².